The smallest absolute Gasteiger partial charge is 0.122 e. The highest BCUT2D eigenvalue weighted by Crippen LogP contribution is 2.41. The maximum Gasteiger partial charge on any atom is 0.122 e. The Kier molecular flexibility index (Phi) is 4.86. The number of hydrogen-bond acceptors (Lipinski definition) is 3. The average molecular weight is 263 g/mol. The first-order valence-corrected chi connectivity index (χ1v) is 8.01. The Hall–Kier alpha value is -0.590. The largest absolute Gasteiger partial charge is 0.300 e. The van der Waals surface area contributed by atoms with Gasteiger partial charge in [-0.1, -0.05) is 6.92 Å². The van der Waals surface area contributed by atoms with E-state index in [1.807, 2.05) is 0 Å². The minimum absolute atomic E-state index is 0.307. The Balaban J connectivity index is 2.01. The number of hydrogen-bond donors (Lipinski definition) is 1. The van der Waals surface area contributed by atoms with Gasteiger partial charge in [-0.2, -0.15) is 5.26 Å². The van der Waals surface area contributed by atoms with Gasteiger partial charge >= 0.3 is 0 Å². The SMILES string of the molecule is CCCN(CC1CC1)CC(C#N)(NC(C)C)C1CC1. The van der Waals surface area contributed by atoms with Crippen LogP contribution < -0.4 is 5.32 Å². The van der Waals surface area contributed by atoms with Crippen molar-refractivity contribution >= 4 is 0 Å². The first-order chi connectivity index (χ1) is 9.09. The molecule has 0 amide bonds. The van der Waals surface area contributed by atoms with Crippen LogP contribution in [-0.4, -0.2) is 36.1 Å². The normalized spacial score (nSPS) is 22.5. The van der Waals surface area contributed by atoms with Crippen LogP contribution in [0.1, 0.15) is 52.9 Å². The summed E-state index contributed by atoms with van der Waals surface area (Å²) < 4.78 is 0. The molecule has 0 spiro atoms. The monoisotopic (exact) mass is 263 g/mol. The second-order valence-electron chi connectivity index (χ2n) is 6.83. The molecule has 3 nitrogen and oxygen atoms in total. The van der Waals surface area contributed by atoms with Gasteiger partial charge in [-0.25, -0.2) is 0 Å². The van der Waals surface area contributed by atoms with Crippen LogP contribution in [0.25, 0.3) is 0 Å². The number of nitriles is 1. The Morgan fingerprint density at radius 1 is 1.32 bits per heavy atom. The molecule has 0 saturated heterocycles. The zero-order valence-corrected chi connectivity index (χ0v) is 12.8. The zero-order chi connectivity index (χ0) is 13.9. The van der Waals surface area contributed by atoms with E-state index < -0.39 is 0 Å². The van der Waals surface area contributed by atoms with Crippen LogP contribution >= 0.6 is 0 Å². The highest BCUT2D eigenvalue weighted by atomic mass is 15.2. The Labute approximate surface area is 118 Å². The summed E-state index contributed by atoms with van der Waals surface area (Å²) in [5.41, 5.74) is -0.307. The van der Waals surface area contributed by atoms with E-state index >= 15 is 0 Å². The van der Waals surface area contributed by atoms with Gasteiger partial charge in [0.15, 0.2) is 0 Å². The van der Waals surface area contributed by atoms with Gasteiger partial charge in [0.25, 0.3) is 0 Å². The average Bonchev–Trinajstić information content (AvgIpc) is 3.20. The summed E-state index contributed by atoms with van der Waals surface area (Å²) in [7, 11) is 0. The molecule has 2 aliphatic rings. The molecule has 1 unspecified atom stereocenters. The maximum absolute atomic E-state index is 9.76. The highest BCUT2D eigenvalue weighted by Gasteiger charge is 2.47. The summed E-state index contributed by atoms with van der Waals surface area (Å²) in [5.74, 6) is 1.47. The first-order valence-electron chi connectivity index (χ1n) is 8.01. The van der Waals surface area contributed by atoms with Crippen LogP contribution in [0.3, 0.4) is 0 Å². The second-order valence-corrected chi connectivity index (χ2v) is 6.83. The molecule has 108 valence electrons. The van der Waals surface area contributed by atoms with E-state index in [1.165, 1.54) is 38.6 Å². The fourth-order valence-electron chi connectivity index (χ4n) is 3.11. The molecule has 2 aliphatic carbocycles. The Bertz CT molecular complexity index is 325. The maximum atomic E-state index is 9.76. The van der Waals surface area contributed by atoms with E-state index in [1.54, 1.807) is 0 Å². The van der Waals surface area contributed by atoms with Crippen molar-refractivity contribution in [1.29, 1.82) is 5.26 Å². The molecule has 0 radical (unpaired) electrons. The van der Waals surface area contributed by atoms with Crippen LogP contribution in [0.15, 0.2) is 0 Å². The molecule has 2 fully saturated rings. The fourth-order valence-corrected chi connectivity index (χ4v) is 3.11. The Morgan fingerprint density at radius 3 is 2.42 bits per heavy atom. The summed E-state index contributed by atoms with van der Waals surface area (Å²) >= 11 is 0. The van der Waals surface area contributed by atoms with Crippen LogP contribution in [-0.2, 0) is 0 Å². The van der Waals surface area contributed by atoms with Gasteiger partial charge in [0, 0.05) is 19.1 Å². The summed E-state index contributed by atoms with van der Waals surface area (Å²) in [6, 6.07) is 3.02. The van der Waals surface area contributed by atoms with Gasteiger partial charge in [0.2, 0.25) is 0 Å². The molecular formula is C16H29N3. The number of nitrogens with zero attached hydrogens (tertiary/aromatic N) is 2. The van der Waals surface area contributed by atoms with Crippen molar-refractivity contribution in [3.8, 4) is 6.07 Å². The molecule has 0 bridgehead atoms. The molecule has 2 saturated carbocycles. The predicted molar refractivity (Wildman–Crippen MR) is 78.8 cm³/mol. The lowest BCUT2D eigenvalue weighted by Crippen LogP contribution is -2.57. The van der Waals surface area contributed by atoms with E-state index in [4.69, 9.17) is 0 Å². The van der Waals surface area contributed by atoms with Crippen LogP contribution in [0.5, 0.6) is 0 Å². The molecule has 0 heterocycles. The molecular weight excluding hydrogens is 234 g/mol. The van der Waals surface area contributed by atoms with E-state index in [9.17, 15) is 5.26 Å². The third-order valence-corrected chi connectivity index (χ3v) is 4.25. The molecule has 2 rings (SSSR count). The molecule has 0 aromatic heterocycles. The van der Waals surface area contributed by atoms with Crippen molar-refractivity contribution in [2.45, 2.75) is 64.5 Å². The molecule has 19 heavy (non-hydrogen) atoms. The van der Waals surface area contributed by atoms with Crippen molar-refractivity contribution < 1.29 is 0 Å². The van der Waals surface area contributed by atoms with Crippen molar-refractivity contribution in [1.82, 2.24) is 10.2 Å². The van der Waals surface area contributed by atoms with Crippen LogP contribution in [0.2, 0.25) is 0 Å². The molecule has 0 aromatic carbocycles. The highest BCUT2D eigenvalue weighted by molar-refractivity contribution is 5.17. The lowest BCUT2D eigenvalue weighted by molar-refractivity contribution is 0.182. The summed E-state index contributed by atoms with van der Waals surface area (Å²) in [5, 5.41) is 13.3. The van der Waals surface area contributed by atoms with Crippen LogP contribution in [0.4, 0.5) is 0 Å². The number of rotatable bonds is 9. The fraction of sp³-hybridized carbons (Fsp3) is 0.938. The van der Waals surface area contributed by atoms with Gasteiger partial charge in [-0.3, -0.25) is 5.32 Å². The number of nitrogens with one attached hydrogen (secondary N) is 1. The van der Waals surface area contributed by atoms with Crippen molar-refractivity contribution in [3.63, 3.8) is 0 Å². The van der Waals surface area contributed by atoms with E-state index in [2.05, 4.69) is 37.1 Å². The van der Waals surface area contributed by atoms with Gasteiger partial charge < -0.3 is 4.90 Å². The lowest BCUT2D eigenvalue weighted by Gasteiger charge is -2.36. The van der Waals surface area contributed by atoms with Crippen molar-refractivity contribution in [2.24, 2.45) is 11.8 Å². The Morgan fingerprint density at radius 2 is 2.00 bits per heavy atom. The molecule has 0 aromatic rings. The lowest BCUT2D eigenvalue weighted by atomic mass is 9.92. The quantitative estimate of drug-likeness (QED) is 0.695. The van der Waals surface area contributed by atoms with E-state index in [0.717, 1.165) is 19.0 Å². The summed E-state index contributed by atoms with van der Waals surface area (Å²) in [4.78, 5) is 2.54. The van der Waals surface area contributed by atoms with E-state index in [-0.39, 0.29) is 5.54 Å². The second kappa shape index (κ2) is 6.24. The summed E-state index contributed by atoms with van der Waals surface area (Å²) in [6.07, 6.45) is 6.40. The standard InChI is InChI=1S/C16H29N3/c1-4-9-19(10-14-5-6-14)12-16(11-17,15-7-8-15)18-13(2)3/h13-15,18H,4-10,12H2,1-3H3. The third-order valence-electron chi connectivity index (χ3n) is 4.25. The van der Waals surface area contributed by atoms with Crippen molar-refractivity contribution in [3.05, 3.63) is 0 Å². The molecule has 0 aliphatic heterocycles. The first kappa shape index (κ1) is 14.8. The zero-order valence-electron chi connectivity index (χ0n) is 12.8. The van der Waals surface area contributed by atoms with Crippen molar-refractivity contribution in [2.75, 3.05) is 19.6 Å². The van der Waals surface area contributed by atoms with Gasteiger partial charge in [0.05, 0.1) is 6.07 Å². The van der Waals surface area contributed by atoms with Crippen LogP contribution in [0, 0.1) is 23.2 Å². The molecule has 1 N–H and O–H groups in total. The van der Waals surface area contributed by atoms with E-state index in [0.29, 0.717) is 12.0 Å². The predicted octanol–water partition coefficient (Wildman–Crippen LogP) is 2.78. The third kappa shape index (κ3) is 4.19. The minimum Gasteiger partial charge on any atom is -0.300 e. The van der Waals surface area contributed by atoms with Gasteiger partial charge in [-0.05, 0) is 64.3 Å². The van der Waals surface area contributed by atoms with Gasteiger partial charge in [0.1, 0.15) is 5.54 Å². The molecule has 3 heteroatoms. The topological polar surface area (TPSA) is 39.1 Å². The van der Waals surface area contributed by atoms with Gasteiger partial charge in [-0.15, -0.1) is 0 Å². The molecule has 1 atom stereocenters. The summed E-state index contributed by atoms with van der Waals surface area (Å²) in [6.45, 7) is 9.78. The minimum atomic E-state index is -0.307.